The van der Waals surface area contributed by atoms with E-state index in [-0.39, 0.29) is 0 Å². The number of hydrogen-bond donors (Lipinski definition) is 1. The van der Waals surface area contributed by atoms with Crippen LogP contribution in [0.5, 0.6) is 0 Å². The quantitative estimate of drug-likeness (QED) is 0.880. The van der Waals surface area contributed by atoms with Gasteiger partial charge in [-0.25, -0.2) is 0 Å². The van der Waals surface area contributed by atoms with Crippen molar-refractivity contribution >= 4 is 23.4 Å². The van der Waals surface area contributed by atoms with Crippen molar-refractivity contribution in [1.29, 1.82) is 0 Å². The maximum absolute atomic E-state index is 6.29. The summed E-state index contributed by atoms with van der Waals surface area (Å²) in [4.78, 5) is 0. The average Bonchev–Trinajstić information content (AvgIpc) is 2.30. The van der Waals surface area contributed by atoms with Crippen LogP contribution in [0.15, 0.2) is 18.2 Å². The lowest BCUT2D eigenvalue weighted by molar-refractivity contribution is 0.447. The highest BCUT2D eigenvalue weighted by Crippen LogP contribution is 2.43. The van der Waals surface area contributed by atoms with E-state index in [0.717, 1.165) is 17.3 Å². The maximum atomic E-state index is 6.29. The molecule has 17 heavy (non-hydrogen) atoms. The Balaban J connectivity index is 2.38. The molecule has 0 spiro atoms. The van der Waals surface area contributed by atoms with Gasteiger partial charge in [-0.2, -0.15) is 11.8 Å². The average molecular weight is 270 g/mol. The standard InChI is InChI=1S/C14H20ClNS/c1-4-16-13-10-6-5-7-12(15)11(10)8-17-14(13)9(2)3/h5-7,9,13-14,16H,4,8H2,1-3H3. The van der Waals surface area contributed by atoms with Gasteiger partial charge in [-0.05, 0) is 29.7 Å². The fourth-order valence-corrected chi connectivity index (χ4v) is 4.32. The molecular weight excluding hydrogens is 250 g/mol. The number of hydrogen-bond acceptors (Lipinski definition) is 2. The molecule has 0 saturated heterocycles. The molecule has 2 atom stereocenters. The minimum absolute atomic E-state index is 0.437. The molecule has 1 aliphatic heterocycles. The van der Waals surface area contributed by atoms with Crippen molar-refractivity contribution < 1.29 is 0 Å². The molecule has 1 aromatic rings. The number of halogens is 1. The summed E-state index contributed by atoms with van der Waals surface area (Å²) in [5, 5.41) is 5.18. The molecule has 0 bridgehead atoms. The van der Waals surface area contributed by atoms with Crippen LogP contribution in [0.1, 0.15) is 37.9 Å². The molecule has 0 radical (unpaired) electrons. The minimum atomic E-state index is 0.437. The third-order valence-corrected chi connectivity index (χ3v) is 5.33. The van der Waals surface area contributed by atoms with Crippen molar-refractivity contribution in [2.24, 2.45) is 5.92 Å². The molecular formula is C14H20ClNS. The van der Waals surface area contributed by atoms with Gasteiger partial charge in [0.1, 0.15) is 0 Å². The van der Waals surface area contributed by atoms with E-state index in [4.69, 9.17) is 11.6 Å². The summed E-state index contributed by atoms with van der Waals surface area (Å²) >= 11 is 8.32. The van der Waals surface area contributed by atoms with Crippen LogP contribution in [0.25, 0.3) is 0 Å². The Bertz CT molecular complexity index is 392. The first kappa shape index (κ1) is 13.3. The zero-order valence-electron chi connectivity index (χ0n) is 10.7. The van der Waals surface area contributed by atoms with Gasteiger partial charge in [-0.1, -0.05) is 44.5 Å². The Morgan fingerprint density at radius 1 is 1.47 bits per heavy atom. The van der Waals surface area contributed by atoms with Gasteiger partial charge in [0.05, 0.1) is 0 Å². The molecule has 0 amide bonds. The molecule has 0 fully saturated rings. The lowest BCUT2D eigenvalue weighted by Crippen LogP contribution is -2.36. The first-order valence-corrected chi connectivity index (χ1v) is 7.70. The Morgan fingerprint density at radius 3 is 2.88 bits per heavy atom. The third kappa shape index (κ3) is 2.64. The van der Waals surface area contributed by atoms with Gasteiger partial charge in [-0.15, -0.1) is 0 Å². The van der Waals surface area contributed by atoms with Crippen LogP contribution in [-0.4, -0.2) is 11.8 Å². The summed E-state index contributed by atoms with van der Waals surface area (Å²) in [5.41, 5.74) is 2.72. The monoisotopic (exact) mass is 269 g/mol. The highest BCUT2D eigenvalue weighted by atomic mass is 35.5. The minimum Gasteiger partial charge on any atom is -0.309 e. The molecule has 3 heteroatoms. The molecule has 2 rings (SSSR count). The zero-order valence-corrected chi connectivity index (χ0v) is 12.2. The molecule has 1 heterocycles. The first-order chi connectivity index (χ1) is 8.15. The molecule has 1 aliphatic rings. The fraction of sp³-hybridized carbons (Fsp3) is 0.571. The molecule has 0 aliphatic carbocycles. The van der Waals surface area contributed by atoms with E-state index in [0.29, 0.717) is 17.2 Å². The SMILES string of the molecule is CCNC1c2cccc(Cl)c2CSC1C(C)C. The number of rotatable bonds is 3. The second-order valence-corrected chi connectivity index (χ2v) is 6.44. The lowest BCUT2D eigenvalue weighted by atomic mass is 9.92. The van der Waals surface area contributed by atoms with Crippen molar-refractivity contribution in [2.75, 3.05) is 6.54 Å². The van der Waals surface area contributed by atoms with Crippen molar-refractivity contribution in [3.63, 3.8) is 0 Å². The van der Waals surface area contributed by atoms with E-state index in [2.05, 4.69) is 38.2 Å². The Kier molecular flexibility index (Phi) is 4.40. The second-order valence-electron chi connectivity index (χ2n) is 4.86. The molecule has 0 aromatic heterocycles. The first-order valence-electron chi connectivity index (χ1n) is 6.27. The van der Waals surface area contributed by atoms with Gasteiger partial charge in [0.2, 0.25) is 0 Å². The van der Waals surface area contributed by atoms with Crippen LogP contribution in [0.3, 0.4) is 0 Å². The Labute approximate surface area is 113 Å². The summed E-state index contributed by atoms with van der Waals surface area (Å²) < 4.78 is 0. The molecule has 2 unspecified atom stereocenters. The number of thioether (sulfide) groups is 1. The molecule has 0 saturated carbocycles. The number of nitrogens with one attached hydrogen (secondary N) is 1. The summed E-state index contributed by atoms with van der Waals surface area (Å²) in [6.07, 6.45) is 0. The van der Waals surface area contributed by atoms with Crippen LogP contribution < -0.4 is 5.32 Å². The van der Waals surface area contributed by atoms with Crippen LogP contribution in [0.2, 0.25) is 5.02 Å². The molecule has 1 N–H and O–H groups in total. The van der Waals surface area contributed by atoms with E-state index in [1.807, 2.05) is 17.8 Å². The highest BCUT2D eigenvalue weighted by Gasteiger charge is 2.32. The van der Waals surface area contributed by atoms with E-state index in [1.165, 1.54) is 11.1 Å². The van der Waals surface area contributed by atoms with Crippen LogP contribution >= 0.6 is 23.4 Å². The summed E-state index contributed by atoms with van der Waals surface area (Å²) in [7, 11) is 0. The van der Waals surface area contributed by atoms with E-state index < -0.39 is 0 Å². The van der Waals surface area contributed by atoms with E-state index in [1.54, 1.807) is 0 Å². The van der Waals surface area contributed by atoms with Crippen LogP contribution in [0.4, 0.5) is 0 Å². The third-order valence-electron chi connectivity index (χ3n) is 3.32. The van der Waals surface area contributed by atoms with Crippen LogP contribution in [0, 0.1) is 5.92 Å². The molecule has 1 nitrogen and oxygen atoms in total. The van der Waals surface area contributed by atoms with Crippen molar-refractivity contribution in [2.45, 2.75) is 37.8 Å². The van der Waals surface area contributed by atoms with Crippen molar-refractivity contribution in [3.8, 4) is 0 Å². The predicted octanol–water partition coefficient (Wildman–Crippen LogP) is 4.26. The highest BCUT2D eigenvalue weighted by molar-refractivity contribution is 7.99. The van der Waals surface area contributed by atoms with E-state index >= 15 is 0 Å². The molecule has 1 aromatic carbocycles. The maximum Gasteiger partial charge on any atom is 0.0449 e. The van der Waals surface area contributed by atoms with Gasteiger partial charge in [-0.3, -0.25) is 0 Å². The van der Waals surface area contributed by atoms with E-state index in [9.17, 15) is 0 Å². The lowest BCUT2D eigenvalue weighted by Gasteiger charge is -2.36. The number of fused-ring (bicyclic) bond motifs is 1. The van der Waals surface area contributed by atoms with Crippen molar-refractivity contribution in [1.82, 2.24) is 5.32 Å². The summed E-state index contributed by atoms with van der Waals surface area (Å²) in [6, 6.07) is 6.73. The van der Waals surface area contributed by atoms with Gasteiger partial charge in [0, 0.05) is 22.1 Å². The fourth-order valence-electron chi connectivity index (χ4n) is 2.50. The smallest absolute Gasteiger partial charge is 0.0449 e. The predicted molar refractivity (Wildman–Crippen MR) is 77.8 cm³/mol. The normalized spacial score (nSPS) is 23.8. The Morgan fingerprint density at radius 2 is 2.24 bits per heavy atom. The van der Waals surface area contributed by atoms with Gasteiger partial charge in [0.15, 0.2) is 0 Å². The zero-order chi connectivity index (χ0) is 12.4. The van der Waals surface area contributed by atoms with Crippen molar-refractivity contribution in [3.05, 3.63) is 34.3 Å². The largest absolute Gasteiger partial charge is 0.309 e. The second kappa shape index (κ2) is 5.64. The summed E-state index contributed by atoms with van der Waals surface area (Å²) in [5.74, 6) is 1.72. The summed E-state index contributed by atoms with van der Waals surface area (Å²) in [6.45, 7) is 7.77. The van der Waals surface area contributed by atoms with Gasteiger partial charge < -0.3 is 5.32 Å². The van der Waals surface area contributed by atoms with Crippen LogP contribution in [-0.2, 0) is 5.75 Å². The van der Waals surface area contributed by atoms with Gasteiger partial charge in [0.25, 0.3) is 0 Å². The number of benzene rings is 1. The topological polar surface area (TPSA) is 12.0 Å². The molecule has 94 valence electrons. The Hall–Kier alpha value is -0.180. The van der Waals surface area contributed by atoms with Gasteiger partial charge >= 0.3 is 0 Å².